The summed E-state index contributed by atoms with van der Waals surface area (Å²) in [4.78, 5) is 16.5. The molecule has 2 unspecified atom stereocenters. The minimum absolute atomic E-state index is 0.165. The topological polar surface area (TPSA) is 51.2 Å². The number of ether oxygens (including phenoxy) is 1. The normalized spacial score (nSPS) is 25.6. The second kappa shape index (κ2) is 7.47. The van der Waals surface area contributed by atoms with E-state index < -0.39 is 5.54 Å². The third-order valence-electron chi connectivity index (χ3n) is 3.80. The molecular weight excluding hydrogens is 308 g/mol. The number of hydrogen-bond acceptors (Lipinski definition) is 5. The molecule has 0 amide bonds. The van der Waals surface area contributed by atoms with Crippen molar-refractivity contribution in [2.45, 2.75) is 48.4 Å². The number of hydrogen-bond donors (Lipinski definition) is 1. The molecule has 4 nitrogen and oxygen atoms in total. The highest BCUT2D eigenvalue weighted by Crippen LogP contribution is 2.40. The van der Waals surface area contributed by atoms with Crippen LogP contribution in [0.5, 0.6) is 0 Å². The van der Waals surface area contributed by atoms with Crippen LogP contribution in [0.3, 0.4) is 0 Å². The summed E-state index contributed by atoms with van der Waals surface area (Å²) in [5.41, 5.74) is -0.569. The van der Waals surface area contributed by atoms with Gasteiger partial charge in [0.1, 0.15) is 10.6 Å². The number of pyridine rings is 1. The Morgan fingerprint density at radius 2 is 2.48 bits per heavy atom. The lowest BCUT2D eigenvalue weighted by Gasteiger charge is -2.38. The molecule has 0 aliphatic heterocycles. The van der Waals surface area contributed by atoms with E-state index in [0.29, 0.717) is 10.3 Å². The van der Waals surface area contributed by atoms with E-state index >= 15 is 0 Å². The van der Waals surface area contributed by atoms with Crippen molar-refractivity contribution in [1.29, 1.82) is 0 Å². The van der Waals surface area contributed by atoms with Gasteiger partial charge in [0.2, 0.25) is 0 Å². The molecular formula is C15H21ClN2O2S. The molecule has 0 spiro atoms. The first-order chi connectivity index (χ1) is 10.1. The van der Waals surface area contributed by atoms with Gasteiger partial charge in [0.05, 0.1) is 12.1 Å². The summed E-state index contributed by atoms with van der Waals surface area (Å²) in [6, 6.07) is 3.67. The Bertz CT molecular complexity index is 496. The summed E-state index contributed by atoms with van der Waals surface area (Å²) < 4.78 is 5.02. The summed E-state index contributed by atoms with van der Waals surface area (Å²) in [5, 5.41) is 5.15. The predicted octanol–water partition coefficient (Wildman–Crippen LogP) is 3.29. The highest BCUT2D eigenvalue weighted by Gasteiger charge is 2.43. The lowest BCUT2D eigenvalue weighted by Crippen LogP contribution is -2.55. The van der Waals surface area contributed by atoms with Crippen LogP contribution in [0, 0.1) is 0 Å². The van der Waals surface area contributed by atoms with Gasteiger partial charge in [-0.05, 0) is 44.4 Å². The predicted molar refractivity (Wildman–Crippen MR) is 85.8 cm³/mol. The van der Waals surface area contributed by atoms with Crippen molar-refractivity contribution < 1.29 is 9.53 Å². The molecule has 116 valence electrons. The maximum Gasteiger partial charge on any atom is 0.326 e. The maximum atomic E-state index is 12.2. The van der Waals surface area contributed by atoms with E-state index in [1.54, 1.807) is 18.0 Å². The summed E-state index contributed by atoms with van der Waals surface area (Å²) in [6.45, 7) is 2.76. The number of thioether (sulfide) groups is 1. The Hall–Kier alpha value is -0.780. The molecule has 0 saturated heterocycles. The third-order valence-corrected chi connectivity index (χ3v) is 5.50. The summed E-state index contributed by atoms with van der Waals surface area (Å²) in [5.74, 6) is -0.165. The van der Waals surface area contributed by atoms with Gasteiger partial charge in [-0.1, -0.05) is 18.5 Å². The average Bonchev–Trinajstić information content (AvgIpc) is 2.49. The number of rotatable bonds is 5. The fourth-order valence-corrected chi connectivity index (χ4v) is 4.42. The zero-order valence-corrected chi connectivity index (χ0v) is 14.0. The Balaban J connectivity index is 2.12. The van der Waals surface area contributed by atoms with Crippen molar-refractivity contribution in [1.82, 2.24) is 10.3 Å². The number of carbonyl (C=O) groups excluding carboxylic acids is 1. The molecule has 1 N–H and O–H groups in total. The minimum atomic E-state index is -0.569. The number of methoxy groups -OCH3 is 1. The van der Waals surface area contributed by atoms with Crippen molar-refractivity contribution in [2.24, 2.45) is 0 Å². The monoisotopic (exact) mass is 328 g/mol. The molecule has 1 aliphatic rings. The standard InChI is InChI=1S/C15H21ClN2O2S/c1-3-18-15(14(19)20-2)8-4-6-11(10-15)21-13-12(16)7-5-9-17-13/h5,7,9,11,18H,3-4,6,8,10H2,1-2H3. The minimum Gasteiger partial charge on any atom is -0.468 e. The lowest BCUT2D eigenvalue weighted by molar-refractivity contribution is -0.150. The number of carbonyl (C=O) groups is 1. The van der Waals surface area contributed by atoms with Crippen molar-refractivity contribution in [2.75, 3.05) is 13.7 Å². The summed E-state index contributed by atoms with van der Waals surface area (Å²) in [7, 11) is 1.45. The highest BCUT2D eigenvalue weighted by atomic mass is 35.5. The van der Waals surface area contributed by atoms with Gasteiger partial charge in [0.25, 0.3) is 0 Å². The second-order valence-corrected chi connectivity index (χ2v) is 6.93. The molecule has 1 saturated carbocycles. The van der Waals surface area contributed by atoms with E-state index in [0.717, 1.165) is 37.3 Å². The third kappa shape index (κ3) is 3.90. The Morgan fingerprint density at radius 3 is 3.14 bits per heavy atom. The zero-order chi connectivity index (χ0) is 15.3. The number of likely N-dealkylation sites (N-methyl/N-ethyl adjacent to an activating group) is 1. The Morgan fingerprint density at radius 1 is 1.67 bits per heavy atom. The number of esters is 1. The highest BCUT2D eigenvalue weighted by molar-refractivity contribution is 8.00. The van der Waals surface area contributed by atoms with Gasteiger partial charge in [0, 0.05) is 11.4 Å². The first kappa shape index (κ1) is 16.6. The maximum absolute atomic E-state index is 12.2. The van der Waals surface area contributed by atoms with Crippen LogP contribution in [-0.2, 0) is 9.53 Å². The fraction of sp³-hybridized carbons (Fsp3) is 0.600. The molecule has 1 aromatic rings. The number of nitrogens with one attached hydrogen (secondary N) is 1. The van der Waals surface area contributed by atoms with Crippen LogP contribution in [0.25, 0.3) is 0 Å². The van der Waals surface area contributed by atoms with Crippen molar-refractivity contribution >= 4 is 29.3 Å². The Labute approximate surface area is 135 Å². The van der Waals surface area contributed by atoms with Crippen LogP contribution in [0.2, 0.25) is 5.02 Å². The molecule has 2 rings (SSSR count). The number of aromatic nitrogens is 1. The molecule has 1 fully saturated rings. The van der Waals surface area contributed by atoms with E-state index in [1.165, 1.54) is 7.11 Å². The molecule has 1 heterocycles. The van der Waals surface area contributed by atoms with Gasteiger partial charge in [-0.15, -0.1) is 11.8 Å². The van der Waals surface area contributed by atoms with Crippen molar-refractivity contribution in [3.05, 3.63) is 23.4 Å². The van der Waals surface area contributed by atoms with E-state index in [-0.39, 0.29) is 5.97 Å². The Kier molecular flexibility index (Phi) is 5.90. The van der Waals surface area contributed by atoms with Crippen LogP contribution >= 0.6 is 23.4 Å². The first-order valence-corrected chi connectivity index (χ1v) is 8.47. The quantitative estimate of drug-likeness (QED) is 0.840. The van der Waals surface area contributed by atoms with Crippen LogP contribution in [0.1, 0.15) is 32.6 Å². The largest absolute Gasteiger partial charge is 0.468 e. The molecule has 0 aromatic carbocycles. The molecule has 21 heavy (non-hydrogen) atoms. The van der Waals surface area contributed by atoms with Crippen LogP contribution < -0.4 is 5.32 Å². The van der Waals surface area contributed by atoms with Crippen LogP contribution in [0.15, 0.2) is 23.4 Å². The summed E-state index contributed by atoms with van der Waals surface area (Å²) >= 11 is 7.83. The van der Waals surface area contributed by atoms with E-state index in [2.05, 4.69) is 10.3 Å². The lowest BCUT2D eigenvalue weighted by atomic mass is 9.81. The smallest absolute Gasteiger partial charge is 0.326 e. The molecule has 0 radical (unpaired) electrons. The van der Waals surface area contributed by atoms with Gasteiger partial charge in [-0.3, -0.25) is 4.79 Å². The van der Waals surface area contributed by atoms with Crippen molar-refractivity contribution in [3.63, 3.8) is 0 Å². The molecule has 1 aliphatic carbocycles. The second-order valence-electron chi connectivity index (χ2n) is 5.23. The van der Waals surface area contributed by atoms with Gasteiger partial charge >= 0.3 is 5.97 Å². The van der Waals surface area contributed by atoms with Gasteiger partial charge in [0.15, 0.2) is 0 Å². The first-order valence-electron chi connectivity index (χ1n) is 7.22. The molecule has 2 atom stereocenters. The van der Waals surface area contributed by atoms with Gasteiger partial charge in [-0.25, -0.2) is 4.98 Å². The SMILES string of the molecule is CCNC1(C(=O)OC)CCCC(Sc2ncccc2Cl)C1. The van der Waals surface area contributed by atoms with E-state index in [1.807, 2.05) is 19.1 Å². The average molecular weight is 329 g/mol. The van der Waals surface area contributed by atoms with E-state index in [9.17, 15) is 4.79 Å². The van der Waals surface area contributed by atoms with Gasteiger partial charge in [-0.2, -0.15) is 0 Å². The molecule has 1 aromatic heterocycles. The van der Waals surface area contributed by atoms with Crippen LogP contribution in [-0.4, -0.2) is 35.4 Å². The zero-order valence-electron chi connectivity index (χ0n) is 12.4. The molecule has 6 heteroatoms. The number of halogens is 1. The number of nitrogens with zero attached hydrogens (tertiary/aromatic N) is 1. The van der Waals surface area contributed by atoms with Crippen LogP contribution in [0.4, 0.5) is 0 Å². The van der Waals surface area contributed by atoms with Crippen molar-refractivity contribution in [3.8, 4) is 0 Å². The summed E-state index contributed by atoms with van der Waals surface area (Å²) in [6.07, 6.45) is 5.35. The molecule has 0 bridgehead atoms. The van der Waals surface area contributed by atoms with Gasteiger partial charge < -0.3 is 10.1 Å². The fourth-order valence-electron chi connectivity index (χ4n) is 2.89. The van der Waals surface area contributed by atoms with E-state index in [4.69, 9.17) is 16.3 Å².